The van der Waals surface area contributed by atoms with Gasteiger partial charge in [0.05, 0.1) is 12.1 Å². The van der Waals surface area contributed by atoms with E-state index in [1.807, 2.05) is 0 Å². The summed E-state index contributed by atoms with van der Waals surface area (Å²) in [6.45, 7) is 0.225. The van der Waals surface area contributed by atoms with E-state index < -0.39 is 23.4 Å². The molecule has 0 spiro atoms. The summed E-state index contributed by atoms with van der Waals surface area (Å²) < 4.78 is 46.7. The molecule has 3 aromatic carbocycles. The molecule has 162 valence electrons. The maximum absolute atomic E-state index is 14.5. The molecule has 8 heteroatoms. The van der Waals surface area contributed by atoms with Crippen molar-refractivity contribution >= 4 is 28.8 Å². The summed E-state index contributed by atoms with van der Waals surface area (Å²) in [6.07, 6.45) is 2.94. The number of carboxylic acid groups (broad SMARTS) is 1. The molecule has 4 rings (SSSR count). The van der Waals surface area contributed by atoms with Gasteiger partial charge < -0.3 is 14.8 Å². The van der Waals surface area contributed by atoms with Crippen molar-refractivity contribution in [2.75, 3.05) is 11.9 Å². The van der Waals surface area contributed by atoms with Crippen LogP contribution in [0.5, 0.6) is 0 Å². The van der Waals surface area contributed by atoms with Gasteiger partial charge in [-0.05, 0) is 48.0 Å². The van der Waals surface area contributed by atoms with Crippen molar-refractivity contribution < 1.29 is 27.5 Å². The Hall–Kier alpha value is -4.07. The highest BCUT2D eigenvalue weighted by Crippen LogP contribution is 2.28. The molecule has 1 aromatic heterocycles. The van der Waals surface area contributed by atoms with Crippen LogP contribution in [0.1, 0.15) is 11.1 Å². The van der Waals surface area contributed by atoms with Gasteiger partial charge >= 0.3 is 5.97 Å². The molecule has 0 radical (unpaired) electrons. The molecule has 0 bridgehead atoms. The molecule has 0 fully saturated rings. The van der Waals surface area contributed by atoms with Crippen LogP contribution in [0.4, 0.5) is 18.9 Å². The quantitative estimate of drug-likeness (QED) is 0.389. The molecule has 0 atom stereocenters. The number of oxazole rings is 1. The normalized spacial score (nSPS) is 11.3. The largest absolute Gasteiger partial charge is 0.481 e. The highest BCUT2D eigenvalue weighted by atomic mass is 19.1. The molecule has 32 heavy (non-hydrogen) atoms. The molecule has 0 saturated heterocycles. The van der Waals surface area contributed by atoms with Crippen LogP contribution in [0, 0.1) is 17.5 Å². The number of rotatable bonds is 7. The lowest BCUT2D eigenvalue weighted by Gasteiger charge is -2.06. The molecular formula is C24H17F3N2O3. The van der Waals surface area contributed by atoms with Gasteiger partial charge in [-0.15, -0.1) is 0 Å². The topological polar surface area (TPSA) is 75.4 Å². The third kappa shape index (κ3) is 4.80. The van der Waals surface area contributed by atoms with Crippen molar-refractivity contribution in [3.05, 3.63) is 89.3 Å². The number of carbonyl (C=O) groups is 1. The first-order valence-corrected chi connectivity index (χ1v) is 9.66. The number of hydrogen-bond acceptors (Lipinski definition) is 4. The number of halogens is 3. The molecule has 0 amide bonds. The summed E-state index contributed by atoms with van der Waals surface area (Å²) in [7, 11) is 0. The minimum Gasteiger partial charge on any atom is -0.481 e. The number of fused-ring (bicyclic) bond motifs is 1. The first kappa shape index (κ1) is 21.2. The SMILES string of the molecule is O=C(O)Cc1ccc2oc(-c3ccc(NCC=Cc4ccc(F)cc4F)c(F)c3)nc2c1. The van der Waals surface area contributed by atoms with E-state index in [1.54, 1.807) is 30.3 Å². The van der Waals surface area contributed by atoms with E-state index in [9.17, 15) is 18.0 Å². The van der Waals surface area contributed by atoms with Crippen LogP contribution in [0.15, 0.2) is 65.1 Å². The van der Waals surface area contributed by atoms with Crippen molar-refractivity contribution in [2.45, 2.75) is 6.42 Å². The van der Waals surface area contributed by atoms with E-state index in [2.05, 4.69) is 10.3 Å². The number of carboxylic acids is 1. The molecule has 2 N–H and O–H groups in total. The van der Waals surface area contributed by atoms with Gasteiger partial charge in [-0.3, -0.25) is 4.79 Å². The Morgan fingerprint density at radius 2 is 1.88 bits per heavy atom. The molecule has 0 saturated carbocycles. The number of benzene rings is 3. The standard InChI is InChI=1S/C24H17F3N2O3/c25-17-6-4-15(18(26)13-17)2-1-9-28-20-7-5-16(12-19(20)27)24-29-21-10-14(11-23(30)31)3-8-22(21)32-24/h1-8,10,12-13,28H,9,11H2,(H,30,31). The van der Waals surface area contributed by atoms with Gasteiger partial charge in [0.2, 0.25) is 5.89 Å². The van der Waals surface area contributed by atoms with E-state index in [-0.39, 0.29) is 30.1 Å². The Bertz CT molecular complexity index is 1330. The third-order valence-electron chi connectivity index (χ3n) is 4.69. The van der Waals surface area contributed by atoms with Crippen LogP contribution in [-0.4, -0.2) is 22.6 Å². The first-order chi connectivity index (χ1) is 15.4. The zero-order valence-corrected chi connectivity index (χ0v) is 16.6. The van der Waals surface area contributed by atoms with Crippen LogP contribution in [0.25, 0.3) is 28.6 Å². The van der Waals surface area contributed by atoms with Gasteiger partial charge in [-0.2, -0.15) is 0 Å². The number of anilines is 1. The zero-order chi connectivity index (χ0) is 22.7. The lowest BCUT2D eigenvalue weighted by atomic mass is 10.1. The summed E-state index contributed by atoms with van der Waals surface area (Å²) in [5.74, 6) is -2.59. The van der Waals surface area contributed by atoms with E-state index in [0.717, 1.165) is 12.1 Å². The summed E-state index contributed by atoms with van der Waals surface area (Å²) in [5.41, 5.74) is 2.43. The predicted molar refractivity (Wildman–Crippen MR) is 115 cm³/mol. The lowest BCUT2D eigenvalue weighted by Crippen LogP contribution is -2.00. The van der Waals surface area contributed by atoms with E-state index >= 15 is 0 Å². The van der Waals surface area contributed by atoms with Crippen molar-refractivity contribution in [1.29, 1.82) is 0 Å². The minimum absolute atomic E-state index is 0.130. The van der Waals surface area contributed by atoms with Gasteiger partial charge in [0.15, 0.2) is 5.58 Å². The monoisotopic (exact) mass is 438 g/mol. The van der Waals surface area contributed by atoms with E-state index in [1.165, 1.54) is 24.3 Å². The lowest BCUT2D eigenvalue weighted by molar-refractivity contribution is -0.136. The molecule has 5 nitrogen and oxygen atoms in total. The molecule has 1 heterocycles. The number of aliphatic carboxylic acids is 1. The van der Waals surface area contributed by atoms with Crippen LogP contribution in [0.2, 0.25) is 0 Å². The van der Waals surface area contributed by atoms with Crippen molar-refractivity contribution in [2.24, 2.45) is 0 Å². The maximum atomic E-state index is 14.5. The highest BCUT2D eigenvalue weighted by molar-refractivity contribution is 5.79. The van der Waals surface area contributed by atoms with Gasteiger partial charge in [-0.25, -0.2) is 18.2 Å². The second-order valence-electron chi connectivity index (χ2n) is 7.04. The maximum Gasteiger partial charge on any atom is 0.307 e. The molecule has 0 aliphatic carbocycles. The fourth-order valence-electron chi connectivity index (χ4n) is 3.16. The van der Waals surface area contributed by atoms with Gasteiger partial charge in [0, 0.05) is 23.7 Å². The van der Waals surface area contributed by atoms with E-state index in [0.29, 0.717) is 22.2 Å². The summed E-state index contributed by atoms with van der Waals surface area (Å²) in [6, 6.07) is 12.6. The van der Waals surface area contributed by atoms with Crippen LogP contribution < -0.4 is 5.32 Å². The minimum atomic E-state index is -0.948. The zero-order valence-electron chi connectivity index (χ0n) is 16.6. The Balaban J connectivity index is 1.45. The Morgan fingerprint density at radius 1 is 1.03 bits per heavy atom. The fourth-order valence-corrected chi connectivity index (χ4v) is 3.16. The first-order valence-electron chi connectivity index (χ1n) is 9.66. The second-order valence-corrected chi connectivity index (χ2v) is 7.04. The number of nitrogens with zero attached hydrogens (tertiary/aromatic N) is 1. The smallest absolute Gasteiger partial charge is 0.307 e. The van der Waals surface area contributed by atoms with Crippen molar-refractivity contribution in [3.8, 4) is 11.5 Å². The predicted octanol–water partition coefficient (Wildman–Crippen LogP) is 5.66. The van der Waals surface area contributed by atoms with Gasteiger partial charge in [0.1, 0.15) is 23.0 Å². The number of nitrogens with one attached hydrogen (secondary N) is 1. The Morgan fingerprint density at radius 3 is 2.62 bits per heavy atom. The number of hydrogen-bond donors (Lipinski definition) is 2. The van der Waals surface area contributed by atoms with Crippen LogP contribution in [-0.2, 0) is 11.2 Å². The van der Waals surface area contributed by atoms with Crippen molar-refractivity contribution in [1.82, 2.24) is 4.98 Å². The molecule has 0 aliphatic heterocycles. The highest BCUT2D eigenvalue weighted by Gasteiger charge is 2.12. The van der Waals surface area contributed by atoms with Gasteiger partial charge in [0.25, 0.3) is 0 Å². The Kier molecular flexibility index (Phi) is 5.93. The van der Waals surface area contributed by atoms with Crippen molar-refractivity contribution in [3.63, 3.8) is 0 Å². The van der Waals surface area contributed by atoms with Crippen LogP contribution >= 0.6 is 0 Å². The third-order valence-corrected chi connectivity index (χ3v) is 4.69. The fraction of sp³-hybridized carbons (Fsp3) is 0.0833. The van der Waals surface area contributed by atoms with E-state index in [4.69, 9.17) is 9.52 Å². The average molecular weight is 438 g/mol. The molecule has 0 unspecified atom stereocenters. The average Bonchev–Trinajstić information content (AvgIpc) is 3.16. The molecule has 0 aliphatic rings. The van der Waals surface area contributed by atoms with Crippen LogP contribution in [0.3, 0.4) is 0 Å². The van der Waals surface area contributed by atoms with Gasteiger partial charge in [-0.1, -0.05) is 18.2 Å². The Labute approximate surface area is 180 Å². The molecular weight excluding hydrogens is 421 g/mol. The summed E-state index contributed by atoms with van der Waals surface area (Å²) >= 11 is 0. The summed E-state index contributed by atoms with van der Waals surface area (Å²) in [5, 5.41) is 11.8. The summed E-state index contributed by atoms with van der Waals surface area (Å²) in [4.78, 5) is 15.2. The number of aromatic nitrogens is 1. The second kappa shape index (κ2) is 8.97. The molecule has 4 aromatic rings.